The highest BCUT2D eigenvalue weighted by Crippen LogP contribution is 2.21. The molecule has 0 unspecified atom stereocenters. The molecule has 6 nitrogen and oxygen atoms in total. The van der Waals surface area contributed by atoms with Crippen molar-refractivity contribution in [3.8, 4) is 0 Å². The second-order valence-electron chi connectivity index (χ2n) is 6.28. The third kappa shape index (κ3) is 3.55. The van der Waals surface area contributed by atoms with E-state index in [0.717, 1.165) is 36.8 Å². The van der Waals surface area contributed by atoms with Gasteiger partial charge >= 0.3 is 5.97 Å². The number of piperidine rings is 1. The van der Waals surface area contributed by atoms with E-state index in [2.05, 4.69) is 24.0 Å². The summed E-state index contributed by atoms with van der Waals surface area (Å²) in [5.41, 5.74) is 1.47. The number of benzene rings is 1. The molecule has 1 aromatic heterocycles. The number of hydrogen-bond donors (Lipinski definition) is 2. The third-order valence-electron chi connectivity index (χ3n) is 4.58. The summed E-state index contributed by atoms with van der Waals surface area (Å²) < 4.78 is 0. The van der Waals surface area contributed by atoms with Gasteiger partial charge in [0, 0.05) is 35.6 Å². The highest BCUT2D eigenvalue weighted by molar-refractivity contribution is 6.00. The molecule has 130 valence electrons. The summed E-state index contributed by atoms with van der Waals surface area (Å²) in [6, 6.07) is 7.38. The van der Waals surface area contributed by atoms with Crippen molar-refractivity contribution in [1.82, 2.24) is 14.8 Å². The van der Waals surface area contributed by atoms with Crippen LogP contribution in [0.2, 0.25) is 0 Å². The molecular weight excluding hydrogens is 330 g/mol. The van der Waals surface area contributed by atoms with Crippen molar-refractivity contribution in [2.45, 2.75) is 18.9 Å². The number of carboxylic acids is 1. The van der Waals surface area contributed by atoms with E-state index in [1.165, 1.54) is 0 Å². The van der Waals surface area contributed by atoms with Crippen LogP contribution in [0.5, 0.6) is 0 Å². The minimum Gasteiger partial charge on any atom is -0.477 e. The molecule has 2 heterocycles. The Balaban J connectivity index is 0.00000208. The Hall–Kier alpha value is -2.05. The molecular formula is C17H22ClN3O3. The summed E-state index contributed by atoms with van der Waals surface area (Å²) in [6.45, 7) is 1.51. The van der Waals surface area contributed by atoms with Crippen LogP contribution in [0.1, 0.15) is 33.7 Å². The maximum Gasteiger partial charge on any atom is 0.352 e. The number of aromatic nitrogens is 1. The quantitative estimate of drug-likeness (QED) is 0.890. The molecule has 0 spiro atoms. The Morgan fingerprint density at radius 3 is 2.46 bits per heavy atom. The van der Waals surface area contributed by atoms with Gasteiger partial charge in [0.15, 0.2) is 0 Å². The van der Waals surface area contributed by atoms with Gasteiger partial charge in [-0.15, -0.1) is 12.4 Å². The number of carbonyl (C=O) groups is 2. The Bertz CT molecular complexity index is 749. The lowest BCUT2D eigenvalue weighted by Crippen LogP contribution is -2.44. The SMILES string of the molecule is CN(C)C1CCN(C(=O)c2ccc3[nH]c(C(=O)O)cc3c2)CC1.Cl. The number of rotatable bonds is 3. The molecule has 3 rings (SSSR count). The van der Waals surface area contributed by atoms with Crippen molar-refractivity contribution < 1.29 is 14.7 Å². The number of nitrogens with zero attached hydrogens (tertiary/aromatic N) is 2. The predicted octanol–water partition coefficient (Wildman–Crippen LogP) is 2.45. The first-order chi connectivity index (χ1) is 11.0. The van der Waals surface area contributed by atoms with Crippen molar-refractivity contribution in [2.75, 3.05) is 27.2 Å². The van der Waals surface area contributed by atoms with Crippen LogP contribution in [0.4, 0.5) is 0 Å². The Labute approximate surface area is 146 Å². The number of H-pyrrole nitrogens is 1. The first-order valence-electron chi connectivity index (χ1n) is 7.77. The zero-order valence-corrected chi connectivity index (χ0v) is 14.6. The first kappa shape index (κ1) is 18.3. The average molecular weight is 352 g/mol. The lowest BCUT2D eigenvalue weighted by Gasteiger charge is -2.35. The molecule has 2 N–H and O–H groups in total. The van der Waals surface area contributed by atoms with E-state index in [1.807, 2.05) is 4.90 Å². The number of likely N-dealkylation sites (tertiary alicyclic amines) is 1. The summed E-state index contributed by atoms with van der Waals surface area (Å²) in [5.74, 6) is -0.984. The molecule has 1 aromatic carbocycles. The molecule has 1 amide bonds. The van der Waals surface area contributed by atoms with Crippen LogP contribution in [0.25, 0.3) is 10.9 Å². The molecule has 0 radical (unpaired) electrons. The van der Waals surface area contributed by atoms with Gasteiger partial charge in [-0.3, -0.25) is 4.79 Å². The van der Waals surface area contributed by atoms with E-state index >= 15 is 0 Å². The normalized spacial score (nSPS) is 15.5. The number of halogens is 1. The Kier molecular flexibility index (Phi) is 5.51. The minimum absolute atomic E-state index is 0. The number of nitrogens with one attached hydrogen (secondary N) is 1. The number of aromatic carboxylic acids is 1. The smallest absolute Gasteiger partial charge is 0.352 e. The molecule has 0 saturated carbocycles. The molecule has 1 aliphatic rings. The number of carbonyl (C=O) groups excluding carboxylic acids is 1. The topological polar surface area (TPSA) is 76.6 Å². The van der Waals surface area contributed by atoms with E-state index in [4.69, 9.17) is 5.11 Å². The maximum absolute atomic E-state index is 12.6. The number of amides is 1. The lowest BCUT2D eigenvalue weighted by molar-refractivity contribution is 0.0661. The Morgan fingerprint density at radius 2 is 1.88 bits per heavy atom. The minimum atomic E-state index is -1.00. The van der Waals surface area contributed by atoms with Crippen LogP contribution in [-0.2, 0) is 0 Å². The van der Waals surface area contributed by atoms with Gasteiger partial charge in [0.1, 0.15) is 5.69 Å². The number of fused-ring (bicyclic) bond motifs is 1. The Morgan fingerprint density at radius 1 is 1.21 bits per heavy atom. The summed E-state index contributed by atoms with van der Waals surface area (Å²) >= 11 is 0. The second kappa shape index (κ2) is 7.23. The number of aromatic amines is 1. The second-order valence-corrected chi connectivity index (χ2v) is 6.28. The molecule has 0 aliphatic carbocycles. The molecule has 1 aliphatic heterocycles. The molecule has 1 fully saturated rings. The first-order valence-corrected chi connectivity index (χ1v) is 7.77. The van der Waals surface area contributed by atoms with Gasteiger partial charge < -0.3 is 19.9 Å². The number of hydrogen-bond acceptors (Lipinski definition) is 3. The fourth-order valence-corrected chi connectivity index (χ4v) is 3.15. The van der Waals surface area contributed by atoms with E-state index in [9.17, 15) is 9.59 Å². The highest BCUT2D eigenvalue weighted by Gasteiger charge is 2.24. The van der Waals surface area contributed by atoms with E-state index in [0.29, 0.717) is 11.6 Å². The molecule has 2 aromatic rings. The lowest BCUT2D eigenvalue weighted by atomic mass is 10.0. The molecule has 0 atom stereocenters. The van der Waals surface area contributed by atoms with E-state index < -0.39 is 5.97 Å². The highest BCUT2D eigenvalue weighted by atomic mass is 35.5. The van der Waals surface area contributed by atoms with Crippen molar-refractivity contribution in [3.63, 3.8) is 0 Å². The molecule has 7 heteroatoms. The summed E-state index contributed by atoms with van der Waals surface area (Å²) in [4.78, 5) is 30.6. The van der Waals surface area contributed by atoms with Crippen LogP contribution >= 0.6 is 12.4 Å². The molecule has 0 bridgehead atoms. The van der Waals surface area contributed by atoms with Crippen LogP contribution in [0.3, 0.4) is 0 Å². The monoisotopic (exact) mass is 351 g/mol. The zero-order valence-electron chi connectivity index (χ0n) is 13.8. The fourth-order valence-electron chi connectivity index (χ4n) is 3.15. The van der Waals surface area contributed by atoms with Crippen LogP contribution in [-0.4, -0.2) is 65.0 Å². The number of carboxylic acid groups (broad SMARTS) is 1. The molecule has 24 heavy (non-hydrogen) atoms. The predicted molar refractivity (Wildman–Crippen MR) is 95.1 cm³/mol. The fraction of sp³-hybridized carbons (Fsp3) is 0.412. The van der Waals surface area contributed by atoms with Crippen LogP contribution in [0, 0.1) is 0 Å². The van der Waals surface area contributed by atoms with Crippen molar-refractivity contribution in [2.24, 2.45) is 0 Å². The van der Waals surface area contributed by atoms with Gasteiger partial charge in [-0.2, -0.15) is 0 Å². The van der Waals surface area contributed by atoms with Crippen LogP contribution < -0.4 is 0 Å². The van der Waals surface area contributed by atoms with Gasteiger partial charge in [0.25, 0.3) is 5.91 Å². The molecule has 1 saturated heterocycles. The third-order valence-corrected chi connectivity index (χ3v) is 4.58. The van der Waals surface area contributed by atoms with Crippen LogP contribution in [0.15, 0.2) is 24.3 Å². The van der Waals surface area contributed by atoms with E-state index in [1.54, 1.807) is 24.3 Å². The van der Waals surface area contributed by atoms with E-state index in [-0.39, 0.29) is 24.0 Å². The average Bonchev–Trinajstić information content (AvgIpc) is 2.97. The standard InChI is InChI=1S/C17H21N3O3.ClH/c1-19(2)13-5-7-20(8-6-13)16(21)11-3-4-14-12(9-11)10-15(18-14)17(22)23;/h3-4,9-10,13,18H,5-8H2,1-2H3,(H,22,23);1H. The van der Waals surface area contributed by atoms with Gasteiger partial charge in [0.05, 0.1) is 0 Å². The van der Waals surface area contributed by atoms with Crippen molar-refractivity contribution >= 4 is 35.2 Å². The summed E-state index contributed by atoms with van der Waals surface area (Å²) in [7, 11) is 4.14. The summed E-state index contributed by atoms with van der Waals surface area (Å²) in [5, 5.41) is 9.77. The summed E-state index contributed by atoms with van der Waals surface area (Å²) in [6.07, 6.45) is 1.96. The van der Waals surface area contributed by atoms with Gasteiger partial charge in [0.2, 0.25) is 0 Å². The zero-order chi connectivity index (χ0) is 16.6. The van der Waals surface area contributed by atoms with Gasteiger partial charge in [-0.1, -0.05) is 0 Å². The van der Waals surface area contributed by atoms with Gasteiger partial charge in [-0.25, -0.2) is 4.79 Å². The van der Waals surface area contributed by atoms with Gasteiger partial charge in [-0.05, 0) is 51.2 Å². The van der Waals surface area contributed by atoms with Crippen molar-refractivity contribution in [1.29, 1.82) is 0 Å². The maximum atomic E-state index is 12.6. The van der Waals surface area contributed by atoms with Crippen molar-refractivity contribution in [3.05, 3.63) is 35.5 Å². The largest absolute Gasteiger partial charge is 0.477 e.